The van der Waals surface area contributed by atoms with Crippen LogP contribution in [0.15, 0.2) is 0 Å². The van der Waals surface area contributed by atoms with Crippen molar-refractivity contribution in [3.63, 3.8) is 0 Å². The maximum absolute atomic E-state index is 13.1. The van der Waals surface area contributed by atoms with Crippen LogP contribution in [0.5, 0.6) is 0 Å². The molecule has 1 amide bonds. The summed E-state index contributed by atoms with van der Waals surface area (Å²) in [6.45, 7) is 2.30. The number of fused-ring (bicyclic) bond motifs is 3. The number of anilines is 1. The van der Waals surface area contributed by atoms with Gasteiger partial charge in [0.2, 0.25) is 5.91 Å². The van der Waals surface area contributed by atoms with Crippen molar-refractivity contribution in [2.24, 2.45) is 23.7 Å². The maximum atomic E-state index is 13.1. The fraction of sp³-hybridized carbons (Fsp3) is 0.667. The number of hydrogen-bond donors (Lipinski definition) is 2. The summed E-state index contributed by atoms with van der Waals surface area (Å²) in [6.07, 6.45) is 7.22. The van der Waals surface area contributed by atoms with Crippen molar-refractivity contribution in [1.29, 1.82) is 0 Å². The first-order valence-corrected chi connectivity index (χ1v) is 11.2. The SMILES string of the molecule is CCCOC(=O)c1c(NC(=O)[C@@H]2[C@@H]3CC[C@@H](C3)[C@@H]2C(=O)O)sc2c1CCCC2. The molecule has 0 aromatic carbocycles. The molecule has 0 spiro atoms. The van der Waals surface area contributed by atoms with Crippen molar-refractivity contribution >= 4 is 34.2 Å². The number of carbonyl (C=O) groups is 3. The number of carbonyl (C=O) groups excluding carboxylic acids is 2. The number of carboxylic acid groups (broad SMARTS) is 1. The highest BCUT2D eigenvalue weighted by Crippen LogP contribution is 2.53. The zero-order valence-electron chi connectivity index (χ0n) is 16.2. The van der Waals surface area contributed by atoms with Gasteiger partial charge in [-0.2, -0.15) is 0 Å². The molecule has 1 aromatic rings. The maximum Gasteiger partial charge on any atom is 0.341 e. The second kappa shape index (κ2) is 7.85. The van der Waals surface area contributed by atoms with E-state index in [0.717, 1.165) is 61.8 Å². The van der Waals surface area contributed by atoms with Gasteiger partial charge in [0.05, 0.1) is 24.0 Å². The average molecular weight is 406 g/mol. The molecule has 3 aliphatic rings. The van der Waals surface area contributed by atoms with E-state index in [0.29, 0.717) is 17.2 Å². The molecule has 3 aliphatic carbocycles. The first-order chi connectivity index (χ1) is 13.5. The Balaban J connectivity index is 1.60. The van der Waals surface area contributed by atoms with Crippen molar-refractivity contribution in [1.82, 2.24) is 0 Å². The van der Waals surface area contributed by atoms with Gasteiger partial charge in [-0.15, -0.1) is 11.3 Å². The van der Waals surface area contributed by atoms with Crippen LogP contribution in [-0.2, 0) is 27.2 Å². The summed E-state index contributed by atoms with van der Waals surface area (Å²) >= 11 is 1.46. The highest BCUT2D eigenvalue weighted by atomic mass is 32.1. The van der Waals surface area contributed by atoms with Crippen LogP contribution in [-0.4, -0.2) is 29.6 Å². The van der Waals surface area contributed by atoms with Crippen LogP contribution in [0.3, 0.4) is 0 Å². The number of hydrogen-bond acceptors (Lipinski definition) is 5. The molecule has 28 heavy (non-hydrogen) atoms. The molecule has 0 radical (unpaired) electrons. The van der Waals surface area contributed by atoms with E-state index in [1.807, 2.05) is 6.92 Å². The highest BCUT2D eigenvalue weighted by Gasteiger charge is 2.54. The lowest BCUT2D eigenvalue weighted by molar-refractivity contribution is -0.148. The quantitative estimate of drug-likeness (QED) is 0.701. The number of carboxylic acids is 1. The van der Waals surface area contributed by atoms with Gasteiger partial charge in [0.1, 0.15) is 5.00 Å². The average Bonchev–Trinajstić information content (AvgIpc) is 3.37. The molecule has 2 N–H and O–H groups in total. The predicted molar refractivity (Wildman–Crippen MR) is 106 cm³/mol. The van der Waals surface area contributed by atoms with Gasteiger partial charge in [-0.05, 0) is 68.8 Å². The molecular weight excluding hydrogens is 378 g/mol. The Bertz CT molecular complexity index is 801. The van der Waals surface area contributed by atoms with Gasteiger partial charge >= 0.3 is 11.9 Å². The molecule has 4 atom stereocenters. The third-order valence-electron chi connectivity index (χ3n) is 6.55. The molecule has 1 aromatic heterocycles. The molecule has 152 valence electrons. The summed E-state index contributed by atoms with van der Waals surface area (Å²) in [5, 5.41) is 13.1. The predicted octanol–water partition coefficient (Wildman–Crippen LogP) is 3.88. The molecule has 2 fully saturated rings. The van der Waals surface area contributed by atoms with Gasteiger partial charge in [-0.25, -0.2) is 4.79 Å². The Morgan fingerprint density at radius 1 is 1.14 bits per heavy atom. The minimum atomic E-state index is -0.875. The number of rotatable bonds is 6. The van der Waals surface area contributed by atoms with Crippen LogP contribution < -0.4 is 5.32 Å². The van der Waals surface area contributed by atoms with Crippen molar-refractivity contribution < 1.29 is 24.2 Å². The lowest BCUT2D eigenvalue weighted by atomic mass is 9.78. The van der Waals surface area contributed by atoms with Gasteiger partial charge in [0.25, 0.3) is 0 Å². The van der Waals surface area contributed by atoms with E-state index in [9.17, 15) is 19.5 Å². The molecule has 2 bridgehead atoms. The summed E-state index contributed by atoms with van der Waals surface area (Å²) in [5.74, 6) is -2.37. The Morgan fingerprint density at radius 2 is 1.86 bits per heavy atom. The first-order valence-electron chi connectivity index (χ1n) is 10.4. The Labute approximate surface area is 168 Å². The minimum Gasteiger partial charge on any atom is -0.481 e. The van der Waals surface area contributed by atoms with Gasteiger partial charge < -0.3 is 15.2 Å². The Hall–Kier alpha value is -1.89. The van der Waals surface area contributed by atoms with E-state index in [4.69, 9.17) is 4.74 Å². The van der Waals surface area contributed by atoms with E-state index in [2.05, 4.69) is 5.32 Å². The molecule has 0 saturated heterocycles. The second-order valence-corrected chi connectivity index (χ2v) is 9.37. The number of esters is 1. The molecule has 0 aliphatic heterocycles. The number of amides is 1. The van der Waals surface area contributed by atoms with E-state index >= 15 is 0 Å². The van der Waals surface area contributed by atoms with Crippen LogP contribution in [0.4, 0.5) is 5.00 Å². The lowest BCUT2D eigenvalue weighted by Gasteiger charge is -2.27. The highest BCUT2D eigenvalue weighted by molar-refractivity contribution is 7.17. The van der Waals surface area contributed by atoms with E-state index in [1.54, 1.807) is 0 Å². The molecule has 0 unspecified atom stereocenters. The summed E-state index contributed by atoms with van der Waals surface area (Å²) < 4.78 is 5.38. The van der Waals surface area contributed by atoms with Crippen LogP contribution in [0.2, 0.25) is 0 Å². The molecule has 2 saturated carbocycles. The fourth-order valence-corrected chi connectivity index (χ4v) is 6.64. The standard InChI is InChI=1S/C21H27NO5S/c1-2-9-27-21(26)17-13-5-3-4-6-14(13)28-19(17)22-18(23)15-11-7-8-12(10-11)16(15)20(24)25/h11-12,15-16H,2-10H2,1H3,(H,22,23)(H,24,25)/t11-,12+,15-,16+/m1/s1. The number of ether oxygens (including phenoxy) is 1. The van der Waals surface area contributed by atoms with Crippen molar-refractivity contribution in [2.45, 2.75) is 58.3 Å². The summed E-state index contributed by atoms with van der Waals surface area (Å²) in [5.41, 5.74) is 1.51. The van der Waals surface area contributed by atoms with Crippen LogP contribution in [0.25, 0.3) is 0 Å². The van der Waals surface area contributed by atoms with Gasteiger partial charge in [0.15, 0.2) is 0 Å². The second-order valence-electron chi connectivity index (χ2n) is 8.26. The van der Waals surface area contributed by atoms with Crippen LogP contribution in [0.1, 0.15) is 66.2 Å². The molecule has 6 nitrogen and oxygen atoms in total. The minimum absolute atomic E-state index is 0.101. The topological polar surface area (TPSA) is 92.7 Å². The lowest BCUT2D eigenvalue weighted by Crippen LogP contribution is -2.38. The normalized spacial score (nSPS) is 28.0. The van der Waals surface area contributed by atoms with Crippen molar-refractivity contribution in [3.8, 4) is 0 Å². The van der Waals surface area contributed by atoms with Gasteiger partial charge in [-0.1, -0.05) is 6.92 Å². The largest absolute Gasteiger partial charge is 0.481 e. The van der Waals surface area contributed by atoms with Crippen LogP contribution >= 0.6 is 11.3 Å². The zero-order chi connectivity index (χ0) is 19.8. The number of nitrogens with one attached hydrogen (secondary N) is 1. The monoisotopic (exact) mass is 405 g/mol. The van der Waals surface area contributed by atoms with Crippen molar-refractivity contribution in [3.05, 3.63) is 16.0 Å². The Kier molecular flexibility index (Phi) is 5.45. The Morgan fingerprint density at radius 3 is 2.57 bits per heavy atom. The third kappa shape index (κ3) is 3.34. The third-order valence-corrected chi connectivity index (χ3v) is 7.76. The van der Waals surface area contributed by atoms with E-state index in [-0.39, 0.29) is 23.7 Å². The molecule has 4 rings (SSSR count). The zero-order valence-corrected chi connectivity index (χ0v) is 17.0. The summed E-state index contributed by atoms with van der Waals surface area (Å²) in [4.78, 5) is 38.7. The number of aliphatic carboxylic acids is 1. The molecule has 1 heterocycles. The smallest absolute Gasteiger partial charge is 0.341 e. The van der Waals surface area contributed by atoms with E-state index in [1.165, 1.54) is 11.3 Å². The summed E-state index contributed by atoms with van der Waals surface area (Å²) in [6, 6.07) is 0. The number of aryl methyl sites for hydroxylation is 1. The first kappa shape index (κ1) is 19.4. The van der Waals surface area contributed by atoms with E-state index < -0.39 is 17.8 Å². The molecular formula is C21H27NO5S. The molecule has 7 heteroatoms. The van der Waals surface area contributed by atoms with Gasteiger partial charge in [-0.3, -0.25) is 9.59 Å². The van der Waals surface area contributed by atoms with Gasteiger partial charge in [0, 0.05) is 4.88 Å². The number of thiophene rings is 1. The fourth-order valence-electron chi connectivity index (χ4n) is 5.36. The van der Waals surface area contributed by atoms with Crippen molar-refractivity contribution in [2.75, 3.05) is 11.9 Å². The van der Waals surface area contributed by atoms with Crippen LogP contribution in [0, 0.1) is 23.7 Å². The summed E-state index contributed by atoms with van der Waals surface area (Å²) in [7, 11) is 0.